The molecule has 0 radical (unpaired) electrons. The standard InChI is InChI=1S/C38H31BrN2O4S/c1-2-43-35-22-28(18-20-34(35)45-25-27-12-6-3-7-13-27)26-44-33-21-19-30(39)23-29(33)24-36-37(42)41(32-16-10-5-11-17-32)38(46-36)40-31-14-8-4-9-15-31/h3-24H,2,25-26H2,1H3/b36-24+,40-38?. The summed E-state index contributed by atoms with van der Waals surface area (Å²) in [5.41, 5.74) is 4.31. The number of nitrogens with zero attached hydrogens (tertiary/aromatic N) is 2. The van der Waals surface area contributed by atoms with Gasteiger partial charge >= 0.3 is 0 Å². The first-order valence-corrected chi connectivity index (χ1v) is 16.5. The molecule has 0 aromatic heterocycles. The topological polar surface area (TPSA) is 60.4 Å². The first-order chi connectivity index (χ1) is 22.6. The van der Waals surface area contributed by atoms with Crippen molar-refractivity contribution in [2.75, 3.05) is 11.5 Å². The summed E-state index contributed by atoms with van der Waals surface area (Å²) < 4.78 is 19.2. The van der Waals surface area contributed by atoms with E-state index < -0.39 is 0 Å². The summed E-state index contributed by atoms with van der Waals surface area (Å²) in [7, 11) is 0. The molecular formula is C38H31BrN2O4S. The van der Waals surface area contributed by atoms with Crippen LogP contribution in [-0.4, -0.2) is 17.7 Å². The second-order valence-corrected chi connectivity index (χ2v) is 12.2. The zero-order chi connectivity index (χ0) is 31.7. The van der Waals surface area contributed by atoms with Gasteiger partial charge in [0, 0.05) is 10.0 Å². The Bertz CT molecular complexity index is 1860. The summed E-state index contributed by atoms with van der Waals surface area (Å²) in [5.74, 6) is 1.84. The quantitative estimate of drug-likeness (QED) is 0.129. The first-order valence-electron chi connectivity index (χ1n) is 14.8. The molecule has 5 aromatic rings. The Kier molecular flexibility index (Phi) is 10.2. The van der Waals surface area contributed by atoms with Gasteiger partial charge < -0.3 is 14.2 Å². The molecule has 1 fully saturated rings. The average molecular weight is 692 g/mol. The number of rotatable bonds is 11. The molecular weight excluding hydrogens is 660 g/mol. The molecule has 0 saturated carbocycles. The van der Waals surface area contributed by atoms with Gasteiger partial charge in [0.25, 0.3) is 5.91 Å². The maximum absolute atomic E-state index is 13.8. The van der Waals surface area contributed by atoms with E-state index in [9.17, 15) is 4.79 Å². The van der Waals surface area contributed by atoms with Crippen molar-refractivity contribution in [2.45, 2.75) is 20.1 Å². The highest BCUT2D eigenvalue weighted by molar-refractivity contribution is 9.10. The summed E-state index contributed by atoms with van der Waals surface area (Å²) >= 11 is 4.93. The van der Waals surface area contributed by atoms with E-state index in [4.69, 9.17) is 19.2 Å². The zero-order valence-electron chi connectivity index (χ0n) is 25.1. The average Bonchev–Trinajstić information content (AvgIpc) is 3.38. The van der Waals surface area contributed by atoms with Crippen molar-refractivity contribution in [3.63, 3.8) is 0 Å². The largest absolute Gasteiger partial charge is 0.490 e. The molecule has 8 heteroatoms. The molecule has 0 N–H and O–H groups in total. The predicted molar refractivity (Wildman–Crippen MR) is 190 cm³/mol. The van der Waals surface area contributed by atoms with E-state index in [2.05, 4.69) is 15.9 Å². The molecule has 1 saturated heterocycles. The van der Waals surface area contributed by atoms with Gasteiger partial charge in [0.15, 0.2) is 16.7 Å². The lowest BCUT2D eigenvalue weighted by molar-refractivity contribution is -0.113. The van der Waals surface area contributed by atoms with Gasteiger partial charge in [-0.1, -0.05) is 88.7 Å². The molecule has 0 spiro atoms. The van der Waals surface area contributed by atoms with Gasteiger partial charge in [-0.25, -0.2) is 4.99 Å². The van der Waals surface area contributed by atoms with Crippen LogP contribution in [0.1, 0.15) is 23.6 Å². The van der Waals surface area contributed by atoms with Gasteiger partial charge in [0.2, 0.25) is 0 Å². The fraction of sp³-hybridized carbons (Fsp3) is 0.105. The predicted octanol–water partition coefficient (Wildman–Crippen LogP) is 9.81. The van der Waals surface area contributed by atoms with E-state index in [1.165, 1.54) is 11.8 Å². The number of para-hydroxylation sites is 2. The highest BCUT2D eigenvalue weighted by Crippen LogP contribution is 2.39. The molecule has 1 amide bonds. The molecule has 230 valence electrons. The minimum atomic E-state index is -0.149. The van der Waals surface area contributed by atoms with Gasteiger partial charge in [0.05, 0.1) is 22.9 Å². The summed E-state index contributed by atoms with van der Waals surface area (Å²) in [6.07, 6.45) is 1.86. The Balaban J connectivity index is 1.24. The number of hydrogen-bond donors (Lipinski definition) is 0. The lowest BCUT2D eigenvalue weighted by Gasteiger charge is -2.15. The van der Waals surface area contributed by atoms with E-state index in [0.717, 1.165) is 32.5 Å². The number of aliphatic imine (C=N–C) groups is 1. The molecule has 0 bridgehead atoms. The summed E-state index contributed by atoms with van der Waals surface area (Å²) in [5, 5.41) is 0.587. The number of halogens is 1. The van der Waals surface area contributed by atoms with Crippen molar-refractivity contribution >= 4 is 56.2 Å². The van der Waals surface area contributed by atoms with Crippen molar-refractivity contribution in [3.05, 3.63) is 153 Å². The molecule has 1 aliphatic heterocycles. The molecule has 0 aliphatic carbocycles. The molecule has 6 rings (SSSR count). The van der Waals surface area contributed by atoms with Crippen molar-refractivity contribution in [3.8, 4) is 17.2 Å². The SMILES string of the molecule is CCOc1cc(COc2ccc(Br)cc2/C=C2/SC(=Nc3ccccc3)N(c3ccccc3)C2=O)ccc1OCc1ccccc1. The van der Waals surface area contributed by atoms with Crippen LogP contribution >= 0.6 is 27.7 Å². The normalized spacial score (nSPS) is 14.6. The minimum absolute atomic E-state index is 0.149. The first kappa shape index (κ1) is 31.2. The van der Waals surface area contributed by atoms with Crippen LogP contribution < -0.4 is 19.1 Å². The van der Waals surface area contributed by atoms with Crippen LogP contribution in [0.4, 0.5) is 11.4 Å². The molecule has 0 atom stereocenters. The number of amidine groups is 1. The Hall–Kier alpha value is -4.79. The van der Waals surface area contributed by atoms with Gasteiger partial charge in [0.1, 0.15) is 19.0 Å². The van der Waals surface area contributed by atoms with Crippen molar-refractivity contribution in [2.24, 2.45) is 4.99 Å². The number of amides is 1. The second kappa shape index (κ2) is 15.0. The highest BCUT2D eigenvalue weighted by atomic mass is 79.9. The number of carbonyl (C=O) groups is 1. The number of ether oxygens (including phenoxy) is 3. The number of thioether (sulfide) groups is 1. The van der Waals surface area contributed by atoms with E-state index >= 15 is 0 Å². The fourth-order valence-electron chi connectivity index (χ4n) is 4.80. The molecule has 6 nitrogen and oxygen atoms in total. The van der Waals surface area contributed by atoms with E-state index in [0.29, 0.717) is 47.1 Å². The van der Waals surface area contributed by atoms with Crippen LogP contribution in [0.5, 0.6) is 17.2 Å². The smallest absolute Gasteiger partial charge is 0.271 e. The molecule has 5 aromatic carbocycles. The summed E-state index contributed by atoms with van der Waals surface area (Å²) in [6.45, 7) is 3.21. The van der Waals surface area contributed by atoms with Crippen LogP contribution in [-0.2, 0) is 18.0 Å². The molecule has 46 heavy (non-hydrogen) atoms. The number of carbonyl (C=O) groups excluding carboxylic acids is 1. The van der Waals surface area contributed by atoms with Crippen LogP contribution in [0.25, 0.3) is 6.08 Å². The molecule has 1 heterocycles. The molecule has 0 unspecified atom stereocenters. The van der Waals surface area contributed by atoms with Gasteiger partial charge in [-0.05, 0) is 90.5 Å². The van der Waals surface area contributed by atoms with Crippen molar-refractivity contribution < 1.29 is 19.0 Å². The van der Waals surface area contributed by atoms with Crippen molar-refractivity contribution in [1.82, 2.24) is 0 Å². The maximum atomic E-state index is 13.8. The van der Waals surface area contributed by atoms with Crippen LogP contribution in [0.15, 0.2) is 142 Å². The van der Waals surface area contributed by atoms with Crippen molar-refractivity contribution in [1.29, 1.82) is 0 Å². The Morgan fingerprint density at radius 1 is 0.717 bits per heavy atom. The summed E-state index contributed by atoms with van der Waals surface area (Å²) in [4.78, 5) is 20.8. The fourth-order valence-corrected chi connectivity index (χ4v) is 6.17. The van der Waals surface area contributed by atoms with Gasteiger partial charge in [-0.3, -0.25) is 9.69 Å². The third-order valence-corrected chi connectivity index (χ3v) is 8.46. The monoisotopic (exact) mass is 690 g/mol. The number of benzene rings is 5. The lowest BCUT2D eigenvalue weighted by Crippen LogP contribution is -2.28. The zero-order valence-corrected chi connectivity index (χ0v) is 27.5. The van der Waals surface area contributed by atoms with Gasteiger partial charge in [-0.2, -0.15) is 0 Å². The molecule has 1 aliphatic rings. The van der Waals surface area contributed by atoms with E-state index in [1.807, 2.05) is 140 Å². The highest BCUT2D eigenvalue weighted by Gasteiger charge is 2.35. The lowest BCUT2D eigenvalue weighted by atomic mass is 10.1. The number of anilines is 1. The van der Waals surface area contributed by atoms with E-state index in [-0.39, 0.29) is 5.91 Å². The third-order valence-electron chi connectivity index (χ3n) is 7.00. The van der Waals surface area contributed by atoms with Crippen LogP contribution in [0.2, 0.25) is 0 Å². The number of hydrogen-bond acceptors (Lipinski definition) is 6. The summed E-state index contributed by atoms with van der Waals surface area (Å²) in [6, 6.07) is 40.8. The minimum Gasteiger partial charge on any atom is -0.490 e. The van der Waals surface area contributed by atoms with Crippen LogP contribution in [0, 0.1) is 0 Å². The van der Waals surface area contributed by atoms with Crippen LogP contribution in [0.3, 0.4) is 0 Å². The maximum Gasteiger partial charge on any atom is 0.271 e. The Labute approximate surface area is 281 Å². The Morgan fingerprint density at radius 2 is 1.37 bits per heavy atom. The van der Waals surface area contributed by atoms with E-state index in [1.54, 1.807) is 4.90 Å². The van der Waals surface area contributed by atoms with Gasteiger partial charge in [-0.15, -0.1) is 0 Å². The third kappa shape index (κ3) is 7.70. The Morgan fingerprint density at radius 3 is 2.11 bits per heavy atom. The second-order valence-electron chi connectivity index (χ2n) is 10.3.